The van der Waals surface area contributed by atoms with Crippen LogP contribution in [0.5, 0.6) is 11.5 Å². The zero-order valence-corrected chi connectivity index (χ0v) is 23.2. The largest absolute Gasteiger partial charge is 0.493 e. The number of fused-ring (bicyclic) bond motifs is 1. The minimum absolute atomic E-state index is 0.0155. The monoisotopic (exact) mass is 533 g/mol. The molecule has 4 rings (SSSR count). The van der Waals surface area contributed by atoms with Gasteiger partial charge in [0.2, 0.25) is 10.0 Å². The van der Waals surface area contributed by atoms with Crippen LogP contribution < -0.4 is 15.0 Å². The van der Waals surface area contributed by atoms with Crippen LogP contribution in [0.3, 0.4) is 0 Å². The van der Waals surface area contributed by atoms with Gasteiger partial charge in [0.15, 0.2) is 11.5 Å². The molecule has 196 valence electrons. The summed E-state index contributed by atoms with van der Waals surface area (Å²) >= 11 is 1.63. The van der Waals surface area contributed by atoms with Gasteiger partial charge in [-0.3, -0.25) is 9.69 Å². The molecule has 0 aliphatic carbocycles. The number of hydrogen-bond donors (Lipinski definition) is 0. The van der Waals surface area contributed by atoms with E-state index in [9.17, 15) is 13.2 Å². The number of unbranched alkanes of at least 4 members (excludes halogenated alkanes) is 1. The maximum atomic E-state index is 13.0. The summed E-state index contributed by atoms with van der Waals surface area (Å²) in [6.07, 6.45) is 6.07. The van der Waals surface area contributed by atoms with Crippen molar-refractivity contribution in [2.24, 2.45) is 7.05 Å². The molecule has 1 atom stereocenters. The highest BCUT2D eigenvalue weighted by Gasteiger charge is 2.32. The van der Waals surface area contributed by atoms with Gasteiger partial charge < -0.3 is 14.0 Å². The van der Waals surface area contributed by atoms with Crippen molar-refractivity contribution in [3.63, 3.8) is 0 Å². The Balaban J connectivity index is 1.66. The van der Waals surface area contributed by atoms with Crippen molar-refractivity contribution >= 4 is 31.4 Å². The number of benzene rings is 1. The topological polar surface area (TPSA) is 81.1 Å². The van der Waals surface area contributed by atoms with Gasteiger partial charge in [-0.05, 0) is 30.2 Å². The average Bonchev–Trinajstić information content (AvgIpc) is 3.27. The lowest BCUT2D eigenvalue weighted by Gasteiger charge is -2.40. The molecular weight excluding hydrogens is 498 g/mol. The van der Waals surface area contributed by atoms with Crippen LogP contribution in [0.15, 0.2) is 35.3 Å². The molecule has 0 saturated carbocycles. The average molecular weight is 534 g/mol. The van der Waals surface area contributed by atoms with E-state index >= 15 is 0 Å². The maximum Gasteiger partial charge on any atom is 0.259 e. The second-order valence-corrected chi connectivity index (χ2v) is 12.5. The Labute approximate surface area is 217 Å². The zero-order valence-electron chi connectivity index (χ0n) is 21.6. The van der Waals surface area contributed by atoms with Gasteiger partial charge in [-0.15, -0.1) is 11.3 Å². The number of aryl methyl sites for hydroxylation is 1. The molecule has 3 heterocycles. The standard InChI is InChI=1S/C26H35N3O5S2/c1-6-7-8-19-15-28(11-12-29(19)36(5,31)32)16-20-14-21-25(35-20)22(17-27(2)26(21)30)18-9-10-23(33-3)24(13-18)34-4/h9-10,13-14,17,19H,6-8,11-12,15-16H2,1-5H3. The molecule has 10 heteroatoms. The van der Waals surface area contributed by atoms with Gasteiger partial charge in [0.25, 0.3) is 5.56 Å². The van der Waals surface area contributed by atoms with E-state index in [0.717, 1.165) is 40.0 Å². The fourth-order valence-electron chi connectivity index (χ4n) is 4.97. The highest BCUT2D eigenvalue weighted by atomic mass is 32.2. The first-order chi connectivity index (χ1) is 17.2. The van der Waals surface area contributed by atoms with Gasteiger partial charge >= 0.3 is 0 Å². The van der Waals surface area contributed by atoms with Crippen molar-refractivity contribution in [1.82, 2.24) is 13.8 Å². The van der Waals surface area contributed by atoms with Crippen LogP contribution in [-0.2, 0) is 23.6 Å². The summed E-state index contributed by atoms with van der Waals surface area (Å²) in [4.78, 5) is 16.4. The molecule has 1 aliphatic heterocycles. The number of nitrogens with zero attached hydrogens (tertiary/aromatic N) is 3. The Morgan fingerprint density at radius 2 is 1.86 bits per heavy atom. The maximum absolute atomic E-state index is 13.0. The molecule has 1 aromatic carbocycles. The lowest BCUT2D eigenvalue weighted by molar-refractivity contribution is 0.124. The third kappa shape index (κ3) is 5.46. The molecule has 1 fully saturated rings. The summed E-state index contributed by atoms with van der Waals surface area (Å²) in [6, 6.07) is 7.76. The van der Waals surface area contributed by atoms with Crippen LogP contribution in [-0.4, -0.2) is 68.3 Å². The molecule has 2 aromatic heterocycles. The molecule has 0 amide bonds. The second-order valence-electron chi connectivity index (χ2n) is 9.39. The minimum Gasteiger partial charge on any atom is -0.493 e. The molecule has 8 nitrogen and oxygen atoms in total. The lowest BCUT2D eigenvalue weighted by atomic mass is 10.1. The fraction of sp³-hybridized carbons (Fsp3) is 0.500. The van der Waals surface area contributed by atoms with Crippen molar-refractivity contribution in [2.45, 2.75) is 38.8 Å². The van der Waals surface area contributed by atoms with E-state index in [-0.39, 0.29) is 11.6 Å². The van der Waals surface area contributed by atoms with Gasteiger partial charge in [-0.25, -0.2) is 8.42 Å². The van der Waals surface area contributed by atoms with E-state index in [2.05, 4.69) is 11.8 Å². The Morgan fingerprint density at radius 1 is 1.11 bits per heavy atom. The Hall–Kier alpha value is -2.40. The van der Waals surface area contributed by atoms with Gasteiger partial charge in [-0.2, -0.15) is 4.31 Å². The van der Waals surface area contributed by atoms with Crippen molar-refractivity contribution in [1.29, 1.82) is 0 Å². The van der Waals surface area contributed by atoms with Gasteiger partial charge in [-0.1, -0.05) is 25.8 Å². The molecule has 1 aliphatic rings. The van der Waals surface area contributed by atoms with Gasteiger partial charge in [0.1, 0.15) is 0 Å². The number of aromatic nitrogens is 1. The zero-order chi connectivity index (χ0) is 26.0. The SMILES string of the molecule is CCCCC1CN(Cc2cc3c(=O)n(C)cc(-c4ccc(OC)c(OC)c4)c3s2)CCN1S(C)(=O)=O. The van der Waals surface area contributed by atoms with E-state index in [1.807, 2.05) is 30.5 Å². The number of ether oxygens (including phenoxy) is 2. The number of rotatable bonds is 9. The molecular formula is C26H35N3O5S2. The first kappa shape index (κ1) is 26.7. The van der Waals surface area contributed by atoms with Crippen LogP contribution in [0.1, 0.15) is 31.1 Å². The van der Waals surface area contributed by atoms with Crippen LogP contribution in [0, 0.1) is 0 Å². The van der Waals surface area contributed by atoms with E-state index in [1.165, 1.54) is 6.26 Å². The fourth-order valence-corrected chi connectivity index (χ4v) is 7.32. The third-order valence-corrected chi connectivity index (χ3v) is 9.29. The normalized spacial score (nSPS) is 17.5. The summed E-state index contributed by atoms with van der Waals surface area (Å²) in [5.74, 6) is 1.29. The van der Waals surface area contributed by atoms with Crippen LogP contribution in [0.4, 0.5) is 0 Å². The van der Waals surface area contributed by atoms with Crippen LogP contribution in [0.2, 0.25) is 0 Å². The highest BCUT2D eigenvalue weighted by Crippen LogP contribution is 2.38. The van der Waals surface area contributed by atoms with E-state index in [1.54, 1.807) is 41.5 Å². The molecule has 1 unspecified atom stereocenters. The lowest BCUT2D eigenvalue weighted by Crippen LogP contribution is -2.54. The van der Waals surface area contributed by atoms with Gasteiger partial charge in [0.05, 0.1) is 25.9 Å². The van der Waals surface area contributed by atoms with Crippen molar-refractivity contribution < 1.29 is 17.9 Å². The first-order valence-electron chi connectivity index (χ1n) is 12.2. The molecule has 36 heavy (non-hydrogen) atoms. The summed E-state index contributed by atoms with van der Waals surface area (Å²) in [5.41, 5.74) is 1.88. The van der Waals surface area contributed by atoms with Crippen molar-refractivity contribution in [3.05, 3.63) is 45.7 Å². The number of methoxy groups -OCH3 is 2. The highest BCUT2D eigenvalue weighted by molar-refractivity contribution is 7.88. The number of thiophene rings is 1. The number of hydrogen-bond acceptors (Lipinski definition) is 7. The van der Waals surface area contributed by atoms with Crippen LogP contribution in [0.25, 0.3) is 21.2 Å². The molecule has 3 aromatic rings. The summed E-state index contributed by atoms with van der Waals surface area (Å²) in [7, 11) is 1.75. The first-order valence-corrected chi connectivity index (χ1v) is 14.9. The number of piperazine rings is 1. The van der Waals surface area contributed by atoms with E-state index < -0.39 is 10.0 Å². The molecule has 0 bridgehead atoms. The second kappa shape index (κ2) is 10.9. The summed E-state index contributed by atoms with van der Waals surface area (Å²) < 4.78 is 39.8. The predicted molar refractivity (Wildman–Crippen MR) is 146 cm³/mol. The smallest absolute Gasteiger partial charge is 0.259 e. The van der Waals surface area contributed by atoms with Crippen LogP contribution >= 0.6 is 11.3 Å². The van der Waals surface area contributed by atoms with E-state index in [4.69, 9.17) is 9.47 Å². The molecule has 0 spiro atoms. The van der Waals surface area contributed by atoms with Crippen molar-refractivity contribution in [2.75, 3.05) is 40.1 Å². The minimum atomic E-state index is -3.23. The summed E-state index contributed by atoms with van der Waals surface area (Å²) in [5, 5.41) is 0.696. The number of pyridine rings is 1. The Kier molecular flexibility index (Phi) is 8.09. The number of sulfonamides is 1. The molecule has 1 saturated heterocycles. The van der Waals surface area contributed by atoms with Crippen molar-refractivity contribution in [3.8, 4) is 22.6 Å². The quantitative estimate of drug-likeness (QED) is 0.415. The summed E-state index contributed by atoms with van der Waals surface area (Å²) in [6.45, 7) is 4.68. The van der Waals surface area contributed by atoms with E-state index in [0.29, 0.717) is 43.1 Å². The Bertz CT molecular complexity index is 1400. The molecule has 0 radical (unpaired) electrons. The predicted octanol–water partition coefficient (Wildman–Crippen LogP) is 3.92. The molecule has 0 N–H and O–H groups in total. The Morgan fingerprint density at radius 3 is 2.53 bits per heavy atom. The third-order valence-electron chi connectivity index (χ3n) is 6.80. The van der Waals surface area contributed by atoms with Gasteiger partial charge in [0, 0.05) is 60.6 Å².